The average molecular weight is 756 g/mol. The van der Waals surface area contributed by atoms with Crippen molar-refractivity contribution in [3.05, 3.63) is 126 Å². The van der Waals surface area contributed by atoms with Gasteiger partial charge in [0.15, 0.2) is 0 Å². The average Bonchev–Trinajstić information content (AvgIpc) is 3.13. The molecule has 0 radical (unpaired) electrons. The van der Waals surface area contributed by atoms with E-state index in [0.29, 0.717) is 58.9 Å². The van der Waals surface area contributed by atoms with Crippen molar-refractivity contribution in [1.29, 1.82) is 0 Å². The minimum atomic E-state index is -2.95. The quantitative estimate of drug-likeness (QED) is 0.175. The van der Waals surface area contributed by atoms with Crippen LogP contribution in [0.1, 0.15) is 11.1 Å². The Morgan fingerprint density at radius 3 is 1.04 bits per heavy atom. The van der Waals surface area contributed by atoms with E-state index in [0.717, 1.165) is 10.8 Å². The fourth-order valence-corrected chi connectivity index (χ4v) is 15.7. The van der Waals surface area contributed by atoms with Crippen LogP contribution in [0.25, 0.3) is 0 Å². The molecule has 1 heterocycles. The fourth-order valence-electron chi connectivity index (χ4n) is 6.84. The molecular formula is C40H48AsN4O6+. The standard InChI is InChI=1S/C40H47AsN4O6/c46-38(47)30-43-22-20-42(21-23-44(31-39(48)49)25-27-45(26-24-43)32-40(50)51)29-34-18-16-33(17-19-34)28-41(35-10-4-1-5-11-35,36-12-6-2-7-13-36)37-14-8-3-9-15-37/h1-19H,20-32H2,(H2-,46,47,48,49,50,51)/p+1. The molecule has 11 heteroatoms. The van der Waals surface area contributed by atoms with Crippen LogP contribution < -0.4 is 13.1 Å². The Morgan fingerprint density at radius 1 is 0.431 bits per heavy atom. The molecule has 0 aliphatic carbocycles. The molecule has 1 saturated heterocycles. The van der Waals surface area contributed by atoms with E-state index in [-0.39, 0.29) is 19.6 Å². The summed E-state index contributed by atoms with van der Waals surface area (Å²) in [4.78, 5) is 42.6. The molecule has 0 bridgehead atoms. The summed E-state index contributed by atoms with van der Waals surface area (Å²) in [5.74, 6) is -2.82. The third-order valence-corrected chi connectivity index (χ3v) is 18.6. The Labute approximate surface area is 303 Å². The van der Waals surface area contributed by atoms with Gasteiger partial charge in [-0.25, -0.2) is 0 Å². The summed E-state index contributed by atoms with van der Waals surface area (Å²) in [5, 5.41) is 29.5. The van der Waals surface area contributed by atoms with E-state index >= 15 is 0 Å². The molecule has 10 nitrogen and oxygen atoms in total. The third kappa shape index (κ3) is 11.1. The van der Waals surface area contributed by atoms with Crippen molar-refractivity contribution in [2.75, 3.05) is 72.0 Å². The van der Waals surface area contributed by atoms with Crippen molar-refractivity contribution in [3.8, 4) is 0 Å². The molecule has 1 aliphatic heterocycles. The van der Waals surface area contributed by atoms with Crippen LogP contribution in [-0.4, -0.2) is 138 Å². The Bertz CT molecular complexity index is 1570. The van der Waals surface area contributed by atoms with Crippen LogP contribution >= 0.6 is 0 Å². The van der Waals surface area contributed by atoms with Gasteiger partial charge >= 0.3 is 263 Å². The first kappa shape index (κ1) is 37.9. The summed E-state index contributed by atoms with van der Waals surface area (Å²) in [5.41, 5.74) is 2.39. The number of carboxylic acids is 3. The van der Waals surface area contributed by atoms with E-state index < -0.39 is 31.5 Å². The van der Waals surface area contributed by atoms with E-state index in [1.54, 1.807) is 4.90 Å². The van der Waals surface area contributed by atoms with Gasteiger partial charge in [0.05, 0.1) is 6.54 Å². The van der Waals surface area contributed by atoms with Crippen molar-refractivity contribution in [3.63, 3.8) is 0 Å². The number of carboxylic acid groups (broad SMARTS) is 3. The number of hydrogen-bond acceptors (Lipinski definition) is 7. The molecule has 0 unspecified atom stereocenters. The second kappa shape index (κ2) is 18.8. The van der Waals surface area contributed by atoms with Crippen molar-refractivity contribution >= 4 is 44.5 Å². The van der Waals surface area contributed by atoms with Crippen LogP contribution in [0.3, 0.4) is 0 Å². The third-order valence-electron chi connectivity index (χ3n) is 9.45. The fraction of sp³-hybridized carbons (Fsp3) is 0.325. The predicted molar refractivity (Wildman–Crippen MR) is 202 cm³/mol. The summed E-state index contributed by atoms with van der Waals surface area (Å²) < 4.78 is 4.16. The van der Waals surface area contributed by atoms with Crippen molar-refractivity contribution in [1.82, 2.24) is 19.6 Å². The number of aliphatic carboxylic acids is 3. The first-order valence-electron chi connectivity index (χ1n) is 17.4. The second-order valence-electron chi connectivity index (χ2n) is 13.1. The van der Waals surface area contributed by atoms with Gasteiger partial charge in [-0.3, -0.25) is 19.3 Å². The zero-order chi connectivity index (χ0) is 36.1. The molecule has 0 atom stereocenters. The molecule has 268 valence electrons. The molecule has 0 spiro atoms. The Balaban J connectivity index is 1.38. The summed E-state index contributed by atoms with van der Waals surface area (Å²) in [6, 6.07) is 41.6. The first-order valence-corrected chi connectivity index (χ1v) is 21.5. The van der Waals surface area contributed by atoms with E-state index in [9.17, 15) is 29.7 Å². The molecule has 4 aromatic rings. The van der Waals surface area contributed by atoms with Gasteiger partial charge in [-0.1, -0.05) is 0 Å². The van der Waals surface area contributed by atoms with E-state index in [1.807, 2.05) is 9.80 Å². The SMILES string of the molecule is O=C(O)CN1CCN(CC(=O)O)CCN(Cc2ccc(C[As+](c3ccccc3)(c3ccccc3)c3ccccc3)cc2)CCN(CC(=O)O)CC1. The van der Waals surface area contributed by atoms with Crippen LogP contribution in [0.4, 0.5) is 0 Å². The van der Waals surface area contributed by atoms with Gasteiger partial charge in [0, 0.05) is 0 Å². The molecule has 0 saturated carbocycles. The van der Waals surface area contributed by atoms with Gasteiger partial charge in [-0.15, -0.1) is 0 Å². The molecule has 4 aromatic carbocycles. The number of nitrogens with zero attached hydrogens (tertiary/aromatic N) is 4. The topological polar surface area (TPSA) is 125 Å². The monoisotopic (exact) mass is 755 g/mol. The molecule has 0 aromatic heterocycles. The van der Waals surface area contributed by atoms with Gasteiger partial charge in [0.1, 0.15) is 0 Å². The van der Waals surface area contributed by atoms with Crippen LogP contribution in [0.5, 0.6) is 0 Å². The van der Waals surface area contributed by atoms with Crippen LogP contribution in [0, 0.1) is 0 Å². The molecular weight excluding hydrogens is 707 g/mol. The maximum absolute atomic E-state index is 11.7. The zero-order valence-corrected chi connectivity index (χ0v) is 30.8. The summed E-state index contributed by atoms with van der Waals surface area (Å²) >= 11 is -2.95. The molecule has 1 aliphatic rings. The number of carbonyl (C=O) groups is 3. The minimum absolute atomic E-state index is 0.134. The van der Waals surface area contributed by atoms with Crippen molar-refractivity contribution < 1.29 is 29.7 Å². The van der Waals surface area contributed by atoms with E-state index in [2.05, 4.69) is 120 Å². The van der Waals surface area contributed by atoms with E-state index in [4.69, 9.17) is 0 Å². The predicted octanol–water partition coefficient (Wildman–Crippen LogP) is 1.91. The molecule has 1 fully saturated rings. The number of rotatable bonds is 13. The van der Waals surface area contributed by atoms with Gasteiger partial charge in [-0.05, 0) is 0 Å². The molecule has 0 amide bonds. The summed E-state index contributed by atoms with van der Waals surface area (Å²) in [6.07, 6.45) is 0. The van der Waals surface area contributed by atoms with Gasteiger partial charge < -0.3 is 15.3 Å². The normalized spacial score (nSPS) is 16.2. The molecule has 5 rings (SSSR count). The van der Waals surface area contributed by atoms with Gasteiger partial charge in [-0.2, -0.15) is 0 Å². The van der Waals surface area contributed by atoms with Crippen LogP contribution in [0.2, 0.25) is 0 Å². The summed E-state index contributed by atoms with van der Waals surface area (Å²) in [7, 11) is 0. The number of benzene rings is 4. The molecule has 3 N–H and O–H groups in total. The van der Waals surface area contributed by atoms with Gasteiger partial charge in [0.2, 0.25) is 0 Å². The Morgan fingerprint density at radius 2 is 0.725 bits per heavy atom. The molecule has 51 heavy (non-hydrogen) atoms. The van der Waals surface area contributed by atoms with Crippen LogP contribution in [0.15, 0.2) is 115 Å². The van der Waals surface area contributed by atoms with Crippen LogP contribution in [-0.2, 0) is 26.1 Å². The van der Waals surface area contributed by atoms with Gasteiger partial charge in [0.25, 0.3) is 0 Å². The number of hydrogen-bond donors (Lipinski definition) is 3. The maximum atomic E-state index is 11.7. The first-order chi connectivity index (χ1) is 24.7. The Kier molecular flexibility index (Phi) is 14.0. The van der Waals surface area contributed by atoms with Crippen molar-refractivity contribution in [2.24, 2.45) is 0 Å². The van der Waals surface area contributed by atoms with E-state index in [1.165, 1.54) is 18.6 Å². The van der Waals surface area contributed by atoms with Crippen molar-refractivity contribution in [2.45, 2.75) is 11.8 Å². The Hall–Kier alpha value is -4.31. The summed E-state index contributed by atoms with van der Waals surface area (Å²) in [6.45, 7) is 3.89. The second-order valence-corrected chi connectivity index (χ2v) is 20.4. The zero-order valence-electron chi connectivity index (χ0n) is 29.0.